The van der Waals surface area contributed by atoms with Crippen LogP contribution in [0.4, 0.5) is 0 Å². The molecule has 0 aliphatic rings. The molecule has 92 valence electrons. The van der Waals surface area contributed by atoms with Gasteiger partial charge in [0, 0.05) is 20.7 Å². The molecule has 0 fully saturated rings. The Bertz CT molecular complexity index is 460. The first-order valence-corrected chi connectivity index (χ1v) is 7.17. The zero-order valence-corrected chi connectivity index (χ0v) is 12.0. The second kappa shape index (κ2) is 5.86. The van der Waals surface area contributed by atoms with Gasteiger partial charge in [-0.2, -0.15) is 5.26 Å². The third kappa shape index (κ3) is 4.67. The van der Waals surface area contributed by atoms with E-state index in [1.165, 1.54) is 0 Å². The van der Waals surface area contributed by atoms with Crippen LogP contribution in [0.3, 0.4) is 0 Å². The van der Waals surface area contributed by atoms with E-state index in [0.29, 0.717) is 27.1 Å². The van der Waals surface area contributed by atoms with Crippen LogP contribution in [0.25, 0.3) is 0 Å². The number of rotatable bonds is 4. The summed E-state index contributed by atoms with van der Waals surface area (Å²) >= 11 is 11.7. The SMILES string of the molecule is CC(C)(C#N)CCS(=O)c1cc(Cl)cc(Cl)c1. The van der Waals surface area contributed by atoms with E-state index < -0.39 is 16.2 Å². The summed E-state index contributed by atoms with van der Waals surface area (Å²) in [6.07, 6.45) is 0.570. The lowest BCUT2D eigenvalue weighted by Crippen LogP contribution is -2.12. The molecule has 0 spiro atoms. The number of nitrogens with zero attached hydrogens (tertiary/aromatic N) is 1. The summed E-state index contributed by atoms with van der Waals surface area (Å²) in [6, 6.07) is 7.07. The van der Waals surface area contributed by atoms with Crippen LogP contribution in [0.5, 0.6) is 0 Å². The molecule has 0 amide bonds. The minimum atomic E-state index is -1.17. The van der Waals surface area contributed by atoms with Crippen molar-refractivity contribution in [3.8, 4) is 6.07 Å². The molecule has 1 aromatic rings. The predicted molar refractivity (Wildman–Crippen MR) is 71.7 cm³/mol. The highest BCUT2D eigenvalue weighted by atomic mass is 35.5. The molecule has 1 aromatic carbocycles. The maximum Gasteiger partial charge on any atom is 0.0684 e. The molecule has 17 heavy (non-hydrogen) atoms. The van der Waals surface area contributed by atoms with Crippen molar-refractivity contribution < 1.29 is 4.21 Å². The van der Waals surface area contributed by atoms with Gasteiger partial charge >= 0.3 is 0 Å². The molecule has 0 aromatic heterocycles. The van der Waals surface area contributed by atoms with E-state index in [2.05, 4.69) is 6.07 Å². The van der Waals surface area contributed by atoms with Crippen molar-refractivity contribution in [1.29, 1.82) is 5.26 Å². The molecule has 0 N–H and O–H groups in total. The average molecular weight is 290 g/mol. The molecule has 5 heteroatoms. The summed E-state index contributed by atoms with van der Waals surface area (Å²) in [4.78, 5) is 0.608. The van der Waals surface area contributed by atoms with Gasteiger partial charge in [-0.15, -0.1) is 0 Å². The normalized spacial score (nSPS) is 13.1. The summed E-state index contributed by atoms with van der Waals surface area (Å²) in [5.41, 5.74) is -0.460. The molecule has 0 bridgehead atoms. The molecule has 0 aliphatic heterocycles. The molecule has 1 unspecified atom stereocenters. The van der Waals surface area contributed by atoms with Gasteiger partial charge in [0.2, 0.25) is 0 Å². The second-order valence-electron chi connectivity index (χ2n) is 4.40. The topological polar surface area (TPSA) is 40.9 Å². The van der Waals surface area contributed by atoms with E-state index in [-0.39, 0.29) is 0 Å². The van der Waals surface area contributed by atoms with Crippen LogP contribution in [0, 0.1) is 16.7 Å². The smallest absolute Gasteiger partial charge is 0.0684 e. The predicted octanol–water partition coefficient (Wildman–Crippen LogP) is 4.04. The van der Waals surface area contributed by atoms with Crippen molar-refractivity contribution in [2.75, 3.05) is 5.75 Å². The molecule has 0 saturated carbocycles. The van der Waals surface area contributed by atoms with E-state index in [4.69, 9.17) is 28.5 Å². The third-order valence-electron chi connectivity index (χ3n) is 2.31. The number of benzene rings is 1. The Morgan fingerprint density at radius 1 is 1.29 bits per heavy atom. The van der Waals surface area contributed by atoms with Crippen LogP contribution in [0.1, 0.15) is 20.3 Å². The van der Waals surface area contributed by atoms with Gasteiger partial charge in [-0.25, -0.2) is 0 Å². The van der Waals surface area contributed by atoms with E-state index in [1.54, 1.807) is 18.2 Å². The summed E-state index contributed by atoms with van der Waals surface area (Å²) in [6.45, 7) is 3.66. The Hall–Kier alpha value is -0.560. The van der Waals surface area contributed by atoms with Crippen molar-refractivity contribution in [3.63, 3.8) is 0 Å². The van der Waals surface area contributed by atoms with Gasteiger partial charge in [0.25, 0.3) is 0 Å². The summed E-state index contributed by atoms with van der Waals surface area (Å²) in [7, 11) is -1.17. The quantitative estimate of drug-likeness (QED) is 0.839. The van der Waals surface area contributed by atoms with Crippen molar-refractivity contribution in [2.45, 2.75) is 25.2 Å². The third-order valence-corrected chi connectivity index (χ3v) is 4.09. The van der Waals surface area contributed by atoms with Gasteiger partial charge in [-0.3, -0.25) is 4.21 Å². The highest BCUT2D eigenvalue weighted by molar-refractivity contribution is 7.85. The molecule has 0 heterocycles. The fourth-order valence-corrected chi connectivity index (χ4v) is 3.29. The molecule has 0 saturated heterocycles. The number of halogens is 2. The van der Waals surface area contributed by atoms with Crippen LogP contribution < -0.4 is 0 Å². The lowest BCUT2D eigenvalue weighted by atomic mass is 9.93. The first kappa shape index (κ1) is 14.5. The largest absolute Gasteiger partial charge is 0.254 e. The van der Waals surface area contributed by atoms with E-state index in [0.717, 1.165) is 0 Å². The minimum Gasteiger partial charge on any atom is -0.254 e. The minimum absolute atomic E-state index is 0.428. The van der Waals surface area contributed by atoms with Gasteiger partial charge < -0.3 is 0 Å². The summed E-state index contributed by atoms with van der Waals surface area (Å²) in [5.74, 6) is 0.428. The maximum absolute atomic E-state index is 12.0. The Morgan fingerprint density at radius 2 is 1.82 bits per heavy atom. The number of hydrogen-bond donors (Lipinski definition) is 0. The highest BCUT2D eigenvalue weighted by Gasteiger charge is 2.18. The molecular formula is C12H13Cl2NOS. The van der Waals surface area contributed by atoms with Gasteiger partial charge in [-0.1, -0.05) is 23.2 Å². The average Bonchev–Trinajstić information content (AvgIpc) is 2.24. The van der Waals surface area contributed by atoms with Crippen LogP contribution in [0.2, 0.25) is 10.0 Å². The van der Waals surface area contributed by atoms with E-state index in [9.17, 15) is 4.21 Å². The van der Waals surface area contributed by atoms with Crippen molar-refractivity contribution in [1.82, 2.24) is 0 Å². The van der Waals surface area contributed by atoms with Gasteiger partial charge in [-0.05, 0) is 38.5 Å². The fraction of sp³-hybridized carbons (Fsp3) is 0.417. The van der Waals surface area contributed by atoms with Crippen molar-refractivity contribution >= 4 is 34.0 Å². The second-order valence-corrected chi connectivity index (χ2v) is 6.84. The number of hydrogen-bond acceptors (Lipinski definition) is 2. The van der Waals surface area contributed by atoms with Gasteiger partial charge in [0.15, 0.2) is 0 Å². The number of nitriles is 1. The van der Waals surface area contributed by atoms with E-state index >= 15 is 0 Å². The van der Waals surface area contributed by atoms with Crippen molar-refractivity contribution in [2.24, 2.45) is 5.41 Å². The molecule has 0 aliphatic carbocycles. The first-order chi connectivity index (χ1) is 7.84. The molecule has 2 nitrogen and oxygen atoms in total. The first-order valence-electron chi connectivity index (χ1n) is 5.10. The van der Waals surface area contributed by atoms with Crippen LogP contribution in [-0.2, 0) is 10.8 Å². The summed E-state index contributed by atoms with van der Waals surface area (Å²) < 4.78 is 12.0. The van der Waals surface area contributed by atoms with Gasteiger partial charge in [0.1, 0.15) is 0 Å². The molecule has 0 radical (unpaired) electrons. The zero-order chi connectivity index (χ0) is 13.1. The Balaban J connectivity index is 2.75. The molecular weight excluding hydrogens is 277 g/mol. The molecule has 1 atom stereocenters. The monoisotopic (exact) mass is 289 g/mol. The van der Waals surface area contributed by atoms with E-state index in [1.807, 2.05) is 13.8 Å². The van der Waals surface area contributed by atoms with Crippen molar-refractivity contribution in [3.05, 3.63) is 28.2 Å². The Morgan fingerprint density at radius 3 is 2.29 bits per heavy atom. The van der Waals surface area contributed by atoms with Crippen LogP contribution >= 0.6 is 23.2 Å². The lowest BCUT2D eigenvalue weighted by Gasteiger charge is -2.14. The maximum atomic E-state index is 12.0. The zero-order valence-electron chi connectivity index (χ0n) is 9.67. The Labute approximate surface area is 114 Å². The van der Waals surface area contributed by atoms with Crippen LogP contribution in [-0.4, -0.2) is 9.96 Å². The lowest BCUT2D eigenvalue weighted by molar-refractivity contribution is 0.479. The standard InChI is InChI=1S/C12H13Cl2NOS/c1-12(2,8-15)3-4-17(16)11-6-9(13)5-10(14)7-11/h5-7H,3-4H2,1-2H3. The summed E-state index contributed by atoms with van der Waals surface area (Å²) in [5, 5.41) is 9.82. The fourth-order valence-electron chi connectivity index (χ4n) is 1.18. The highest BCUT2D eigenvalue weighted by Crippen LogP contribution is 2.24. The Kier molecular flexibility index (Phi) is 5.00. The molecule has 1 rings (SSSR count). The van der Waals surface area contributed by atoms with Gasteiger partial charge in [0.05, 0.1) is 22.3 Å². The van der Waals surface area contributed by atoms with Crippen LogP contribution in [0.15, 0.2) is 23.1 Å².